The van der Waals surface area contributed by atoms with Crippen LogP contribution in [0.1, 0.15) is 27.7 Å². The molecule has 0 amide bonds. The second-order valence-electron chi connectivity index (χ2n) is 9.66. The van der Waals surface area contributed by atoms with Crippen LogP contribution >= 0.6 is 0 Å². The van der Waals surface area contributed by atoms with Crippen molar-refractivity contribution in [1.29, 1.82) is 0 Å². The molecule has 0 spiro atoms. The van der Waals surface area contributed by atoms with Crippen molar-refractivity contribution in [3.8, 4) is 11.1 Å². The van der Waals surface area contributed by atoms with Gasteiger partial charge in [0.05, 0.1) is 11.2 Å². The third-order valence-corrected chi connectivity index (χ3v) is 7.14. The van der Waals surface area contributed by atoms with Crippen molar-refractivity contribution in [3.05, 3.63) is 78.9 Å². The molecule has 0 saturated carbocycles. The fourth-order valence-electron chi connectivity index (χ4n) is 4.55. The summed E-state index contributed by atoms with van der Waals surface area (Å²) in [5, 5.41) is 4.61. The minimum absolute atomic E-state index is 0.348. The maximum absolute atomic E-state index is 6.49. The van der Waals surface area contributed by atoms with E-state index in [2.05, 4.69) is 107 Å². The Morgan fingerprint density at radius 1 is 0.594 bits per heavy atom. The Bertz CT molecular complexity index is 1460. The highest BCUT2D eigenvalue weighted by Gasteiger charge is 2.51. The van der Waals surface area contributed by atoms with Gasteiger partial charge in [0.25, 0.3) is 0 Å². The lowest BCUT2D eigenvalue weighted by Crippen LogP contribution is -2.41. The SMILES string of the molecule is CC1(C)OB(c2ccc(-c3cccc4c3oc3c5ccccc5ccc43)cc2)OC1(C)C. The first-order chi connectivity index (χ1) is 15.3. The van der Waals surface area contributed by atoms with Gasteiger partial charge in [-0.2, -0.15) is 0 Å². The zero-order valence-corrected chi connectivity index (χ0v) is 18.8. The van der Waals surface area contributed by atoms with Crippen LogP contribution in [-0.2, 0) is 9.31 Å². The van der Waals surface area contributed by atoms with Gasteiger partial charge in [-0.25, -0.2) is 0 Å². The highest BCUT2D eigenvalue weighted by atomic mass is 16.7. The first-order valence-electron chi connectivity index (χ1n) is 11.1. The van der Waals surface area contributed by atoms with E-state index in [9.17, 15) is 0 Å². The van der Waals surface area contributed by atoms with Crippen molar-refractivity contribution in [3.63, 3.8) is 0 Å². The number of furan rings is 1. The molecule has 0 atom stereocenters. The molecule has 0 radical (unpaired) electrons. The van der Waals surface area contributed by atoms with Gasteiger partial charge in [0.2, 0.25) is 0 Å². The van der Waals surface area contributed by atoms with Crippen molar-refractivity contribution in [2.75, 3.05) is 0 Å². The van der Waals surface area contributed by atoms with Gasteiger partial charge in [-0.3, -0.25) is 0 Å². The Hall–Kier alpha value is -3.08. The predicted molar refractivity (Wildman–Crippen MR) is 132 cm³/mol. The number of hydrogen-bond donors (Lipinski definition) is 0. The monoisotopic (exact) mass is 420 g/mol. The predicted octanol–water partition coefficient (Wildman–Crippen LogP) is 6.71. The van der Waals surface area contributed by atoms with E-state index < -0.39 is 0 Å². The summed E-state index contributed by atoms with van der Waals surface area (Å²) in [5.41, 5.74) is 4.39. The van der Waals surface area contributed by atoms with Gasteiger partial charge in [-0.1, -0.05) is 72.8 Å². The lowest BCUT2D eigenvalue weighted by atomic mass is 9.78. The fraction of sp³-hybridized carbons (Fsp3) is 0.214. The molecule has 0 N–H and O–H groups in total. The summed E-state index contributed by atoms with van der Waals surface area (Å²) in [4.78, 5) is 0. The van der Waals surface area contributed by atoms with E-state index in [4.69, 9.17) is 13.7 Å². The second-order valence-corrected chi connectivity index (χ2v) is 9.66. The molecule has 3 nitrogen and oxygen atoms in total. The molecule has 4 aromatic carbocycles. The van der Waals surface area contributed by atoms with Crippen LogP contribution in [0.25, 0.3) is 43.8 Å². The summed E-state index contributed by atoms with van der Waals surface area (Å²) in [6.07, 6.45) is 0. The van der Waals surface area contributed by atoms with Crippen LogP contribution in [0.4, 0.5) is 0 Å². The third kappa shape index (κ3) is 2.83. The van der Waals surface area contributed by atoms with Crippen LogP contribution in [0.3, 0.4) is 0 Å². The lowest BCUT2D eigenvalue weighted by Gasteiger charge is -2.32. The third-order valence-electron chi connectivity index (χ3n) is 7.14. The second kappa shape index (κ2) is 6.71. The van der Waals surface area contributed by atoms with Crippen LogP contribution < -0.4 is 5.46 Å². The lowest BCUT2D eigenvalue weighted by molar-refractivity contribution is 0.00578. The molecular weight excluding hydrogens is 395 g/mol. The van der Waals surface area contributed by atoms with Gasteiger partial charge >= 0.3 is 7.12 Å². The van der Waals surface area contributed by atoms with Crippen LogP contribution in [0.15, 0.2) is 83.3 Å². The summed E-state index contributed by atoms with van der Waals surface area (Å²) in [7, 11) is -0.359. The maximum atomic E-state index is 6.49. The number of hydrogen-bond acceptors (Lipinski definition) is 3. The van der Waals surface area contributed by atoms with E-state index in [1.54, 1.807) is 0 Å². The first-order valence-corrected chi connectivity index (χ1v) is 11.1. The molecule has 4 heteroatoms. The van der Waals surface area contributed by atoms with E-state index in [-0.39, 0.29) is 18.3 Å². The molecule has 158 valence electrons. The standard InChI is InChI=1S/C28H25BO3/c1-27(2)28(3,4)32-29(31-27)20-15-12-19(13-16-20)22-10-7-11-23-24-17-14-18-8-5-6-9-21(18)26(24)30-25(22)23/h5-17H,1-4H3. The van der Waals surface area contributed by atoms with Gasteiger partial charge in [0.15, 0.2) is 0 Å². The molecule has 1 saturated heterocycles. The van der Waals surface area contributed by atoms with E-state index in [1.807, 2.05) is 0 Å². The van der Waals surface area contributed by atoms with Gasteiger partial charge in [0, 0.05) is 21.7 Å². The molecule has 32 heavy (non-hydrogen) atoms. The minimum Gasteiger partial charge on any atom is -0.455 e. The molecule has 1 fully saturated rings. The Morgan fingerprint density at radius 3 is 2.00 bits per heavy atom. The molecule has 0 aliphatic carbocycles. The van der Waals surface area contributed by atoms with E-state index in [1.165, 1.54) is 5.39 Å². The molecule has 5 aromatic rings. The summed E-state index contributed by atoms with van der Waals surface area (Å²) >= 11 is 0. The first kappa shape index (κ1) is 19.6. The van der Waals surface area contributed by atoms with Crippen molar-refractivity contribution in [2.45, 2.75) is 38.9 Å². The topological polar surface area (TPSA) is 31.6 Å². The van der Waals surface area contributed by atoms with Gasteiger partial charge in [-0.05, 0) is 50.2 Å². The highest BCUT2D eigenvalue weighted by molar-refractivity contribution is 6.62. The average molecular weight is 420 g/mol. The molecule has 1 aromatic heterocycles. The minimum atomic E-state index is -0.359. The maximum Gasteiger partial charge on any atom is 0.494 e. The average Bonchev–Trinajstić information content (AvgIpc) is 3.27. The number of para-hydroxylation sites is 1. The van der Waals surface area contributed by atoms with Crippen molar-refractivity contribution in [1.82, 2.24) is 0 Å². The van der Waals surface area contributed by atoms with Gasteiger partial charge in [-0.15, -0.1) is 0 Å². The molecule has 6 rings (SSSR count). The zero-order chi connectivity index (χ0) is 22.1. The van der Waals surface area contributed by atoms with Crippen molar-refractivity contribution >= 4 is 45.3 Å². The molecule has 0 bridgehead atoms. The van der Waals surface area contributed by atoms with E-state index in [0.29, 0.717) is 0 Å². The summed E-state index contributed by atoms with van der Waals surface area (Å²) in [5.74, 6) is 0. The fourth-order valence-corrected chi connectivity index (χ4v) is 4.55. The smallest absolute Gasteiger partial charge is 0.455 e. The largest absolute Gasteiger partial charge is 0.494 e. The van der Waals surface area contributed by atoms with Crippen LogP contribution in [0, 0.1) is 0 Å². The highest BCUT2D eigenvalue weighted by Crippen LogP contribution is 2.39. The summed E-state index contributed by atoms with van der Waals surface area (Å²) in [6, 6.07) is 27.5. The Morgan fingerprint density at radius 2 is 1.25 bits per heavy atom. The van der Waals surface area contributed by atoms with Crippen LogP contribution in [0.2, 0.25) is 0 Å². The summed E-state index contributed by atoms with van der Waals surface area (Å²) in [6.45, 7) is 8.31. The van der Waals surface area contributed by atoms with Gasteiger partial charge in [0.1, 0.15) is 11.2 Å². The van der Waals surface area contributed by atoms with E-state index >= 15 is 0 Å². The number of rotatable bonds is 2. The molecular formula is C28H25BO3. The van der Waals surface area contributed by atoms with Crippen molar-refractivity contribution in [2.24, 2.45) is 0 Å². The van der Waals surface area contributed by atoms with Crippen LogP contribution in [0.5, 0.6) is 0 Å². The normalized spacial score (nSPS) is 17.6. The van der Waals surface area contributed by atoms with E-state index in [0.717, 1.165) is 43.9 Å². The number of benzene rings is 4. The summed E-state index contributed by atoms with van der Waals surface area (Å²) < 4.78 is 18.9. The Labute approximate surface area is 188 Å². The van der Waals surface area contributed by atoms with Gasteiger partial charge < -0.3 is 13.7 Å². The molecule has 1 aliphatic heterocycles. The quantitative estimate of drug-likeness (QED) is 0.298. The molecule has 1 aliphatic rings. The van der Waals surface area contributed by atoms with Crippen LogP contribution in [-0.4, -0.2) is 18.3 Å². The number of fused-ring (bicyclic) bond motifs is 5. The van der Waals surface area contributed by atoms with Crippen molar-refractivity contribution < 1.29 is 13.7 Å². The molecule has 2 heterocycles. The molecule has 0 unspecified atom stereocenters. The Balaban J connectivity index is 1.44. The Kier molecular flexibility index (Phi) is 4.11. The zero-order valence-electron chi connectivity index (χ0n) is 18.8.